The van der Waals surface area contributed by atoms with E-state index in [0.717, 1.165) is 11.4 Å². The predicted octanol–water partition coefficient (Wildman–Crippen LogP) is 3.67. The molecule has 7 heteroatoms. The van der Waals surface area contributed by atoms with Crippen LogP contribution in [0.4, 0.5) is 0 Å². The molecule has 2 bridgehead atoms. The van der Waals surface area contributed by atoms with E-state index in [1.807, 2.05) is 20.8 Å². The zero-order valence-corrected chi connectivity index (χ0v) is 17.1. The number of hydrogen-bond acceptors (Lipinski definition) is 5. The normalized spacial score (nSPS) is 28.5. The van der Waals surface area contributed by atoms with E-state index in [-0.39, 0.29) is 35.5 Å². The SMILES string of the molecule is COc1cc(C=NN2C(=O)C3C4C=CC(C4)C3C2=O)cc(Cl)c1OC(C)(C)C. The van der Waals surface area contributed by atoms with E-state index in [1.54, 1.807) is 12.1 Å². The van der Waals surface area contributed by atoms with Gasteiger partial charge in [-0.1, -0.05) is 23.8 Å². The molecule has 148 valence electrons. The van der Waals surface area contributed by atoms with Gasteiger partial charge in [0.1, 0.15) is 5.60 Å². The van der Waals surface area contributed by atoms with Gasteiger partial charge in [0.25, 0.3) is 11.8 Å². The fourth-order valence-corrected chi connectivity index (χ4v) is 4.60. The second-order valence-corrected chi connectivity index (χ2v) is 8.89. The lowest BCUT2D eigenvalue weighted by Gasteiger charge is -2.23. The van der Waals surface area contributed by atoms with E-state index in [9.17, 15) is 9.59 Å². The van der Waals surface area contributed by atoms with Gasteiger partial charge in [0.05, 0.1) is 30.2 Å². The number of imide groups is 1. The summed E-state index contributed by atoms with van der Waals surface area (Å²) >= 11 is 6.37. The summed E-state index contributed by atoms with van der Waals surface area (Å²) in [6, 6.07) is 3.39. The highest BCUT2D eigenvalue weighted by molar-refractivity contribution is 6.32. The fraction of sp³-hybridized carbons (Fsp3) is 0.476. The monoisotopic (exact) mass is 402 g/mol. The van der Waals surface area contributed by atoms with Gasteiger partial charge >= 0.3 is 0 Å². The number of carbonyl (C=O) groups excluding carboxylic acids is 2. The molecule has 2 amide bonds. The van der Waals surface area contributed by atoms with Crippen molar-refractivity contribution in [2.24, 2.45) is 28.8 Å². The lowest BCUT2D eigenvalue weighted by Crippen LogP contribution is -2.28. The number of amides is 2. The van der Waals surface area contributed by atoms with Crippen molar-refractivity contribution in [1.29, 1.82) is 0 Å². The highest BCUT2D eigenvalue weighted by atomic mass is 35.5. The van der Waals surface area contributed by atoms with Crippen LogP contribution in [0.2, 0.25) is 5.02 Å². The molecule has 1 aromatic carbocycles. The third kappa shape index (κ3) is 3.09. The van der Waals surface area contributed by atoms with Crippen LogP contribution in [0.3, 0.4) is 0 Å². The zero-order chi connectivity index (χ0) is 20.2. The van der Waals surface area contributed by atoms with E-state index >= 15 is 0 Å². The molecule has 4 unspecified atom stereocenters. The van der Waals surface area contributed by atoms with Crippen molar-refractivity contribution in [2.45, 2.75) is 32.8 Å². The number of carbonyl (C=O) groups is 2. The van der Waals surface area contributed by atoms with Crippen molar-refractivity contribution < 1.29 is 19.1 Å². The van der Waals surface area contributed by atoms with Gasteiger partial charge in [-0.15, -0.1) is 0 Å². The Morgan fingerprint density at radius 1 is 1.14 bits per heavy atom. The minimum atomic E-state index is -0.438. The van der Waals surface area contributed by atoms with Gasteiger partial charge in [0.2, 0.25) is 0 Å². The van der Waals surface area contributed by atoms with Crippen LogP contribution in [0.15, 0.2) is 29.4 Å². The first-order valence-corrected chi connectivity index (χ1v) is 9.74. The Morgan fingerprint density at radius 2 is 1.75 bits per heavy atom. The Bertz CT molecular complexity index is 872. The number of rotatable bonds is 4. The first-order valence-electron chi connectivity index (χ1n) is 9.36. The molecule has 2 fully saturated rings. The number of fused-ring (bicyclic) bond motifs is 5. The Hall–Kier alpha value is -2.34. The molecular formula is C21H23ClN2O4. The number of hydrazone groups is 1. The van der Waals surface area contributed by atoms with Crippen LogP contribution in [0, 0.1) is 23.7 Å². The van der Waals surface area contributed by atoms with Crippen molar-refractivity contribution in [1.82, 2.24) is 5.01 Å². The molecule has 4 atom stereocenters. The molecule has 0 spiro atoms. The van der Waals surface area contributed by atoms with Crippen LogP contribution < -0.4 is 9.47 Å². The van der Waals surface area contributed by atoms with E-state index in [1.165, 1.54) is 13.3 Å². The number of nitrogens with zero attached hydrogens (tertiary/aromatic N) is 2. The van der Waals surface area contributed by atoms with Gasteiger partial charge in [0.15, 0.2) is 11.5 Å². The Labute approximate surface area is 169 Å². The molecule has 0 N–H and O–H groups in total. The molecule has 1 saturated heterocycles. The maximum Gasteiger partial charge on any atom is 0.254 e. The molecular weight excluding hydrogens is 380 g/mol. The molecule has 1 heterocycles. The van der Waals surface area contributed by atoms with Crippen molar-refractivity contribution in [3.63, 3.8) is 0 Å². The van der Waals surface area contributed by atoms with Crippen LogP contribution >= 0.6 is 11.6 Å². The van der Waals surface area contributed by atoms with E-state index in [2.05, 4.69) is 17.3 Å². The summed E-state index contributed by atoms with van der Waals surface area (Å²) in [7, 11) is 1.53. The lowest BCUT2D eigenvalue weighted by atomic mass is 9.85. The summed E-state index contributed by atoms with van der Waals surface area (Å²) in [6.45, 7) is 5.75. The Balaban J connectivity index is 1.58. The smallest absolute Gasteiger partial charge is 0.254 e. The molecule has 6 nitrogen and oxygen atoms in total. The Morgan fingerprint density at radius 3 is 2.29 bits per heavy atom. The van der Waals surface area contributed by atoms with Gasteiger partial charge in [-0.2, -0.15) is 10.1 Å². The number of benzene rings is 1. The zero-order valence-electron chi connectivity index (χ0n) is 16.3. The van der Waals surface area contributed by atoms with Crippen LogP contribution in [-0.4, -0.2) is 35.7 Å². The highest BCUT2D eigenvalue weighted by Crippen LogP contribution is 2.52. The summed E-state index contributed by atoms with van der Waals surface area (Å²) in [6.07, 6.45) is 6.47. The largest absolute Gasteiger partial charge is 0.493 e. The number of ether oxygens (including phenoxy) is 2. The van der Waals surface area contributed by atoms with E-state index < -0.39 is 5.60 Å². The lowest BCUT2D eigenvalue weighted by molar-refractivity contribution is -0.140. The van der Waals surface area contributed by atoms with Crippen LogP contribution in [0.25, 0.3) is 0 Å². The minimum absolute atomic E-state index is 0.162. The van der Waals surface area contributed by atoms with Crippen molar-refractivity contribution >= 4 is 29.6 Å². The van der Waals surface area contributed by atoms with Gasteiger partial charge in [-0.3, -0.25) is 9.59 Å². The molecule has 0 radical (unpaired) electrons. The third-order valence-corrected chi connectivity index (χ3v) is 5.71. The minimum Gasteiger partial charge on any atom is -0.493 e. The average molecular weight is 403 g/mol. The summed E-state index contributed by atoms with van der Waals surface area (Å²) in [5, 5.41) is 5.57. The molecule has 3 aliphatic rings. The molecule has 28 heavy (non-hydrogen) atoms. The second kappa shape index (κ2) is 6.62. The number of halogens is 1. The molecule has 1 saturated carbocycles. The highest BCUT2D eigenvalue weighted by Gasteiger charge is 2.59. The van der Waals surface area contributed by atoms with E-state index in [0.29, 0.717) is 22.1 Å². The van der Waals surface area contributed by atoms with Crippen molar-refractivity contribution in [3.05, 3.63) is 34.9 Å². The van der Waals surface area contributed by atoms with Gasteiger partial charge in [0, 0.05) is 0 Å². The number of allylic oxidation sites excluding steroid dienone is 2. The maximum absolute atomic E-state index is 12.7. The van der Waals surface area contributed by atoms with Gasteiger partial charge in [-0.05, 0) is 56.7 Å². The number of methoxy groups -OCH3 is 1. The van der Waals surface area contributed by atoms with Crippen LogP contribution in [0.1, 0.15) is 32.8 Å². The molecule has 2 aliphatic carbocycles. The quantitative estimate of drug-likeness (QED) is 0.438. The first kappa shape index (κ1) is 19.0. The topological polar surface area (TPSA) is 68.2 Å². The van der Waals surface area contributed by atoms with Gasteiger partial charge in [-0.25, -0.2) is 0 Å². The summed E-state index contributed by atoms with van der Waals surface area (Å²) in [5.41, 5.74) is 0.174. The standard InChI is InChI=1S/C21H23ClN2O4/c1-21(2,3)28-18-14(22)7-11(8-15(18)27-4)10-23-24-19(25)16-12-5-6-13(9-12)17(16)20(24)26/h5-8,10,12-13,16-17H,9H2,1-4H3. The van der Waals surface area contributed by atoms with Crippen LogP contribution in [0.5, 0.6) is 11.5 Å². The van der Waals surface area contributed by atoms with Crippen molar-refractivity contribution in [2.75, 3.05) is 7.11 Å². The fourth-order valence-electron chi connectivity index (χ4n) is 4.34. The summed E-state index contributed by atoms with van der Waals surface area (Å²) in [5.74, 6) is 0.273. The predicted molar refractivity (Wildman–Crippen MR) is 106 cm³/mol. The summed E-state index contributed by atoms with van der Waals surface area (Å²) < 4.78 is 11.3. The third-order valence-electron chi connectivity index (χ3n) is 5.43. The molecule has 0 aromatic heterocycles. The first-order chi connectivity index (χ1) is 13.2. The Kier molecular flexibility index (Phi) is 4.49. The number of hydrogen-bond donors (Lipinski definition) is 0. The van der Waals surface area contributed by atoms with Gasteiger partial charge < -0.3 is 9.47 Å². The molecule has 1 aliphatic heterocycles. The maximum atomic E-state index is 12.7. The molecule has 1 aromatic rings. The molecule has 4 rings (SSSR count). The van der Waals surface area contributed by atoms with Crippen molar-refractivity contribution in [3.8, 4) is 11.5 Å². The van der Waals surface area contributed by atoms with E-state index in [4.69, 9.17) is 21.1 Å². The second-order valence-electron chi connectivity index (χ2n) is 8.48. The summed E-state index contributed by atoms with van der Waals surface area (Å²) in [4.78, 5) is 25.4. The van der Waals surface area contributed by atoms with Crippen LogP contribution in [-0.2, 0) is 9.59 Å². The average Bonchev–Trinajstić information content (AvgIpc) is 3.29.